The molecular weight excluding hydrogens is 232 g/mol. The van der Waals surface area contributed by atoms with Crippen LogP contribution in [0.5, 0.6) is 0 Å². The van der Waals surface area contributed by atoms with Crippen molar-refractivity contribution in [3.8, 4) is 0 Å². The van der Waals surface area contributed by atoms with Crippen LogP contribution in [-0.4, -0.2) is 42.6 Å². The van der Waals surface area contributed by atoms with Gasteiger partial charge in [0.1, 0.15) is 5.56 Å². The molecule has 0 radical (unpaired) electrons. The number of pyridine rings is 1. The van der Waals surface area contributed by atoms with Crippen LogP contribution in [0.25, 0.3) is 0 Å². The molecule has 0 fully saturated rings. The molecule has 1 aromatic heterocycles. The van der Waals surface area contributed by atoms with Gasteiger partial charge < -0.3 is 14.6 Å². The van der Waals surface area contributed by atoms with Crippen LogP contribution >= 0.6 is 0 Å². The second kappa shape index (κ2) is 5.64. The number of carbonyl (C=O) groups is 1. The molecule has 1 N–H and O–H groups in total. The zero-order chi connectivity index (χ0) is 13.0. The van der Waals surface area contributed by atoms with Crippen LogP contribution in [0.2, 0.25) is 0 Å². The second-order valence-electron chi connectivity index (χ2n) is 4.22. The molecule has 0 unspecified atom stereocenters. The van der Waals surface area contributed by atoms with Crippen molar-refractivity contribution in [2.24, 2.45) is 0 Å². The van der Waals surface area contributed by atoms with Crippen molar-refractivity contribution in [1.82, 2.24) is 9.88 Å². The van der Waals surface area contributed by atoms with E-state index in [1.165, 1.54) is 24.0 Å². The molecule has 1 amide bonds. The minimum atomic E-state index is -0.245. The number of hydrogen-bond donors (Lipinski definition) is 1. The first kappa shape index (κ1) is 12.6. The zero-order valence-electron chi connectivity index (χ0n) is 10.3. The van der Waals surface area contributed by atoms with Crippen molar-refractivity contribution >= 4 is 5.91 Å². The fourth-order valence-electron chi connectivity index (χ4n) is 1.97. The van der Waals surface area contributed by atoms with Gasteiger partial charge in [0.2, 0.25) is 0 Å². The largest absolute Gasteiger partial charge is 0.380 e. The van der Waals surface area contributed by atoms with E-state index < -0.39 is 0 Å². The Morgan fingerprint density at radius 3 is 3.00 bits per heavy atom. The third-order valence-electron chi connectivity index (χ3n) is 2.97. The second-order valence-corrected chi connectivity index (χ2v) is 4.22. The van der Waals surface area contributed by atoms with E-state index in [1.807, 2.05) is 6.08 Å². The SMILES string of the molecule is COCC1=CCN(C(=O)c2c[nH]ccc2=O)CC1. The summed E-state index contributed by atoms with van der Waals surface area (Å²) < 4.78 is 5.05. The normalized spacial score (nSPS) is 15.4. The number of H-pyrrole nitrogens is 1. The first-order valence-electron chi connectivity index (χ1n) is 5.85. The van der Waals surface area contributed by atoms with Gasteiger partial charge in [-0.05, 0) is 12.0 Å². The van der Waals surface area contributed by atoms with Crippen LogP contribution in [0, 0.1) is 0 Å². The number of ether oxygens (including phenoxy) is 1. The van der Waals surface area contributed by atoms with Gasteiger partial charge in [-0.2, -0.15) is 0 Å². The Morgan fingerprint density at radius 2 is 2.39 bits per heavy atom. The summed E-state index contributed by atoms with van der Waals surface area (Å²) in [5.74, 6) is -0.218. The molecule has 2 heterocycles. The summed E-state index contributed by atoms with van der Waals surface area (Å²) in [7, 11) is 1.65. The van der Waals surface area contributed by atoms with Gasteiger partial charge in [-0.25, -0.2) is 0 Å². The standard InChI is InChI=1S/C13H16N2O3/c1-18-9-10-3-6-15(7-4-10)13(17)11-8-14-5-2-12(11)16/h2-3,5,8H,4,6-7,9H2,1H3,(H,14,16). The first-order chi connectivity index (χ1) is 8.72. The minimum Gasteiger partial charge on any atom is -0.380 e. The summed E-state index contributed by atoms with van der Waals surface area (Å²) in [5, 5.41) is 0. The molecule has 0 aliphatic carbocycles. The predicted molar refractivity (Wildman–Crippen MR) is 67.5 cm³/mol. The van der Waals surface area contributed by atoms with Gasteiger partial charge in [0.15, 0.2) is 5.43 Å². The third kappa shape index (κ3) is 2.68. The van der Waals surface area contributed by atoms with Crippen LogP contribution < -0.4 is 5.43 Å². The Balaban J connectivity index is 2.09. The average Bonchev–Trinajstić information content (AvgIpc) is 2.40. The molecule has 2 rings (SSSR count). The lowest BCUT2D eigenvalue weighted by molar-refractivity contribution is 0.0763. The highest BCUT2D eigenvalue weighted by atomic mass is 16.5. The van der Waals surface area contributed by atoms with E-state index in [-0.39, 0.29) is 16.9 Å². The maximum Gasteiger partial charge on any atom is 0.259 e. The Bertz CT molecular complexity index is 519. The van der Waals surface area contributed by atoms with E-state index in [9.17, 15) is 9.59 Å². The number of aromatic nitrogens is 1. The van der Waals surface area contributed by atoms with Crippen LogP contribution in [0.3, 0.4) is 0 Å². The lowest BCUT2D eigenvalue weighted by Gasteiger charge is -2.26. The van der Waals surface area contributed by atoms with Gasteiger partial charge in [0.25, 0.3) is 5.91 Å². The molecule has 0 atom stereocenters. The summed E-state index contributed by atoms with van der Waals surface area (Å²) in [5.41, 5.74) is 1.15. The molecule has 1 aliphatic heterocycles. The van der Waals surface area contributed by atoms with E-state index >= 15 is 0 Å². The fraction of sp³-hybridized carbons (Fsp3) is 0.385. The topological polar surface area (TPSA) is 62.4 Å². The maximum atomic E-state index is 12.1. The van der Waals surface area contributed by atoms with E-state index in [2.05, 4.69) is 4.98 Å². The number of hydrogen-bond acceptors (Lipinski definition) is 3. The predicted octanol–water partition coefficient (Wildman–Crippen LogP) is 0.794. The Labute approximate surface area is 105 Å². The van der Waals surface area contributed by atoms with Gasteiger partial charge in [-0.3, -0.25) is 9.59 Å². The molecule has 1 aliphatic rings. The maximum absolute atomic E-state index is 12.1. The number of aromatic amines is 1. The molecule has 18 heavy (non-hydrogen) atoms. The van der Waals surface area contributed by atoms with E-state index in [1.54, 1.807) is 12.0 Å². The van der Waals surface area contributed by atoms with Crippen molar-refractivity contribution in [3.05, 3.63) is 45.9 Å². The summed E-state index contributed by atoms with van der Waals surface area (Å²) in [6.45, 7) is 1.77. The minimum absolute atomic E-state index is 0.195. The van der Waals surface area contributed by atoms with E-state index in [4.69, 9.17) is 4.74 Å². The van der Waals surface area contributed by atoms with Gasteiger partial charge in [0.05, 0.1) is 6.61 Å². The van der Waals surface area contributed by atoms with Gasteiger partial charge in [0, 0.05) is 38.7 Å². The third-order valence-corrected chi connectivity index (χ3v) is 2.97. The highest BCUT2D eigenvalue weighted by Crippen LogP contribution is 2.12. The average molecular weight is 248 g/mol. The molecule has 1 aromatic rings. The van der Waals surface area contributed by atoms with Gasteiger partial charge in [-0.1, -0.05) is 6.08 Å². The van der Waals surface area contributed by atoms with Crippen molar-refractivity contribution in [1.29, 1.82) is 0 Å². The Kier molecular flexibility index (Phi) is 3.94. The fourth-order valence-corrected chi connectivity index (χ4v) is 1.97. The molecule has 0 aromatic carbocycles. The number of nitrogens with zero attached hydrogens (tertiary/aromatic N) is 1. The van der Waals surface area contributed by atoms with E-state index in [0.717, 1.165) is 6.42 Å². The van der Waals surface area contributed by atoms with Crippen molar-refractivity contribution in [3.63, 3.8) is 0 Å². The van der Waals surface area contributed by atoms with E-state index in [0.29, 0.717) is 19.7 Å². The van der Waals surface area contributed by atoms with Crippen LogP contribution in [-0.2, 0) is 4.74 Å². The molecule has 0 spiro atoms. The van der Waals surface area contributed by atoms with Crippen molar-refractivity contribution in [2.45, 2.75) is 6.42 Å². The zero-order valence-corrected chi connectivity index (χ0v) is 10.3. The number of amides is 1. The molecule has 5 heteroatoms. The van der Waals surface area contributed by atoms with Crippen LogP contribution in [0.4, 0.5) is 0 Å². The van der Waals surface area contributed by atoms with Gasteiger partial charge >= 0.3 is 0 Å². The molecule has 0 saturated heterocycles. The lowest BCUT2D eigenvalue weighted by atomic mass is 10.1. The molecule has 5 nitrogen and oxygen atoms in total. The number of nitrogens with one attached hydrogen (secondary N) is 1. The smallest absolute Gasteiger partial charge is 0.259 e. The van der Waals surface area contributed by atoms with Gasteiger partial charge in [-0.15, -0.1) is 0 Å². The molecule has 0 saturated carbocycles. The summed E-state index contributed by atoms with van der Waals surface area (Å²) >= 11 is 0. The lowest BCUT2D eigenvalue weighted by Crippen LogP contribution is -2.37. The highest BCUT2D eigenvalue weighted by molar-refractivity contribution is 5.94. The van der Waals surface area contributed by atoms with Crippen molar-refractivity contribution < 1.29 is 9.53 Å². The number of methoxy groups -OCH3 is 1. The summed E-state index contributed by atoms with van der Waals surface area (Å²) in [6.07, 6.45) is 5.76. The first-order valence-corrected chi connectivity index (χ1v) is 5.85. The molecular formula is C13H16N2O3. The summed E-state index contributed by atoms with van der Waals surface area (Å²) in [4.78, 5) is 28.1. The molecule has 96 valence electrons. The molecule has 0 bridgehead atoms. The van der Waals surface area contributed by atoms with Crippen LogP contribution in [0.15, 0.2) is 34.9 Å². The highest BCUT2D eigenvalue weighted by Gasteiger charge is 2.20. The Hall–Kier alpha value is -1.88. The Morgan fingerprint density at radius 1 is 1.56 bits per heavy atom. The monoisotopic (exact) mass is 248 g/mol. The quantitative estimate of drug-likeness (QED) is 0.805. The van der Waals surface area contributed by atoms with Crippen molar-refractivity contribution in [2.75, 3.05) is 26.8 Å². The van der Waals surface area contributed by atoms with Crippen LogP contribution in [0.1, 0.15) is 16.8 Å². The number of rotatable bonds is 3. The number of carbonyl (C=O) groups excluding carboxylic acids is 1. The summed E-state index contributed by atoms with van der Waals surface area (Å²) in [6, 6.07) is 1.36.